The van der Waals surface area contributed by atoms with Crippen LogP contribution in [0.4, 0.5) is 5.82 Å². The molecule has 2 amide bonds. The molecule has 1 aromatic carbocycles. The molecule has 1 fully saturated rings. The van der Waals surface area contributed by atoms with Gasteiger partial charge in [0.2, 0.25) is 5.91 Å². The number of amides is 2. The number of pyridine rings is 2. The third kappa shape index (κ3) is 5.15. The average Bonchev–Trinajstić information content (AvgIpc) is 2.96. The minimum Gasteiger partial charge on any atom is -0.457 e. The van der Waals surface area contributed by atoms with Crippen molar-refractivity contribution in [1.82, 2.24) is 15.3 Å². The molecule has 0 bridgehead atoms. The summed E-state index contributed by atoms with van der Waals surface area (Å²) >= 11 is 0. The first kappa shape index (κ1) is 22.6. The molecule has 1 N–H and O–H groups in total. The van der Waals surface area contributed by atoms with E-state index in [1.165, 1.54) is 11.1 Å². The van der Waals surface area contributed by atoms with E-state index in [1.807, 2.05) is 42.5 Å². The van der Waals surface area contributed by atoms with Gasteiger partial charge in [-0.15, -0.1) is 0 Å². The number of carbonyl (C=O) groups is 2. The Labute approximate surface area is 203 Å². The Morgan fingerprint density at radius 3 is 2.74 bits per heavy atom. The number of aryl methyl sites for hydroxylation is 1. The van der Waals surface area contributed by atoms with Crippen LogP contribution in [-0.2, 0) is 16.0 Å². The number of aromatic nitrogens is 2. The van der Waals surface area contributed by atoms with Crippen molar-refractivity contribution >= 4 is 17.6 Å². The number of carbonyl (C=O) groups excluding carboxylic acids is 2. The molecule has 8 heteroatoms. The summed E-state index contributed by atoms with van der Waals surface area (Å²) in [7, 11) is 1.67. The molecule has 35 heavy (non-hydrogen) atoms. The molecule has 0 radical (unpaired) electrons. The smallest absolute Gasteiger partial charge is 0.270 e. The fourth-order valence-corrected chi connectivity index (χ4v) is 3.88. The highest BCUT2D eigenvalue weighted by molar-refractivity contribution is 6.02. The quantitative estimate of drug-likeness (QED) is 0.592. The zero-order valence-corrected chi connectivity index (χ0v) is 19.2. The lowest BCUT2D eigenvalue weighted by Gasteiger charge is -2.21. The number of nitrogens with one attached hydrogen (secondary N) is 1. The number of nitrogens with zero attached hydrogens (tertiary/aromatic N) is 3. The maximum atomic E-state index is 13.2. The molecule has 1 unspecified atom stereocenters. The standard InChI is InChI=1S/C27H24N4O4/c1-31-25-19(8-11-20(29-25)10-7-18-16-34-17-18)9-12-23(27(31)33)30-26(32)24-15-22(13-14-28-24)35-21-5-3-2-4-6-21/h2-6,8,11,13-15,18,23H,9,12,16-17H2,1H3,(H,30,32). The predicted molar refractivity (Wildman–Crippen MR) is 129 cm³/mol. The zero-order valence-electron chi connectivity index (χ0n) is 19.2. The van der Waals surface area contributed by atoms with Crippen molar-refractivity contribution in [2.45, 2.75) is 18.9 Å². The first-order chi connectivity index (χ1) is 17.1. The number of benzene rings is 1. The van der Waals surface area contributed by atoms with Crippen molar-refractivity contribution in [1.29, 1.82) is 0 Å². The molecule has 0 saturated carbocycles. The van der Waals surface area contributed by atoms with Gasteiger partial charge in [-0.3, -0.25) is 19.5 Å². The Balaban J connectivity index is 1.28. The summed E-state index contributed by atoms with van der Waals surface area (Å²) in [6.45, 7) is 1.29. The topological polar surface area (TPSA) is 93.7 Å². The molecule has 4 heterocycles. The van der Waals surface area contributed by atoms with Gasteiger partial charge >= 0.3 is 0 Å². The van der Waals surface area contributed by atoms with E-state index < -0.39 is 11.9 Å². The second-order valence-electron chi connectivity index (χ2n) is 8.44. The van der Waals surface area contributed by atoms with E-state index in [-0.39, 0.29) is 17.5 Å². The molecular weight excluding hydrogens is 444 g/mol. The minimum absolute atomic E-state index is 0.173. The third-order valence-electron chi connectivity index (χ3n) is 5.90. The summed E-state index contributed by atoms with van der Waals surface area (Å²) in [6.07, 6.45) is 2.55. The lowest BCUT2D eigenvalue weighted by molar-refractivity contribution is -0.120. The first-order valence-corrected chi connectivity index (χ1v) is 11.4. The van der Waals surface area contributed by atoms with Gasteiger partial charge in [-0.05, 0) is 48.6 Å². The van der Waals surface area contributed by atoms with Crippen LogP contribution in [-0.4, -0.2) is 48.1 Å². The number of ether oxygens (including phenoxy) is 2. The van der Waals surface area contributed by atoms with Crippen LogP contribution in [0, 0.1) is 17.8 Å². The summed E-state index contributed by atoms with van der Waals surface area (Å²) in [6, 6.07) is 15.6. The van der Waals surface area contributed by atoms with Crippen molar-refractivity contribution in [2.24, 2.45) is 5.92 Å². The highest BCUT2D eigenvalue weighted by atomic mass is 16.5. The Morgan fingerprint density at radius 1 is 1.14 bits per heavy atom. The van der Waals surface area contributed by atoms with Crippen LogP contribution >= 0.6 is 0 Å². The molecular formula is C27H24N4O4. The number of anilines is 1. The summed E-state index contributed by atoms with van der Waals surface area (Å²) in [5, 5.41) is 2.83. The molecule has 2 aromatic heterocycles. The molecule has 0 aliphatic carbocycles. The Hall–Kier alpha value is -4.22. The van der Waals surface area contributed by atoms with E-state index in [9.17, 15) is 9.59 Å². The second kappa shape index (κ2) is 9.95. The molecule has 2 aliphatic heterocycles. The van der Waals surface area contributed by atoms with E-state index in [2.05, 4.69) is 27.1 Å². The normalized spacial score (nSPS) is 17.3. The van der Waals surface area contributed by atoms with E-state index in [1.54, 1.807) is 19.2 Å². The molecule has 176 valence electrons. The number of likely N-dealkylation sites (N-methyl/N-ethyl adjacent to an activating group) is 1. The Kier molecular flexibility index (Phi) is 6.42. The minimum atomic E-state index is -0.705. The average molecular weight is 469 g/mol. The maximum Gasteiger partial charge on any atom is 0.270 e. The SMILES string of the molecule is CN1C(=O)C(NC(=O)c2cc(Oc3ccccc3)ccn2)CCc2ccc(C#CC3COC3)nc21. The summed E-state index contributed by atoms with van der Waals surface area (Å²) < 4.78 is 10.9. The van der Waals surface area contributed by atoms with Gasteiger partial charge in [0.05, 0.1) is 19.1 Å². The van der Waals surface area contributed by atoms with Crippen LogP contribution in [0.15, 0.2) is 60.8 Å². The van der Waals surface area contributed by atoms with E-state index >= 15 is 0 Å². The van der Waals surface area contributed by atoms with Crippen molar-refractivity contribution in [3.05, 3.63) is 77.7 Å². The number of para-hydroxylation sites is 1. The van der Waals surface area contributed by atoms with Crippen LogP contribution < -0.4 is 15.0 Å². The molecule has 1 atom stereocenters. The van der Waals surface area contributed by atoms with E-state index in [0.717, 1.165) is 5.56 Å². The number of fused-ring (bicyclic) bond motifs is 1. The van der Waals surface area contributed by atoms with Crippen molar-refractivity contribution in [3.8, 4) is 23.3 Å². The zero-order chi connectivity index (χ0) is 24.2. The summed E-state index contributed by atoms with van der Waals surface area (Å²) in [5.41, 5.74) is 1.72. The predicted octanol–water partition coefficient (Wildman–Crippen LogP) is 2.97. The van der Waals surface area contributed by atoms with E-state index in [0.29, 0.717) is 49.1 Å². The van der Waals surface area contributed by atoms with Crippen LogP contribution in [0.2, 0.25) is 0 Å². The van der Waals surface area contributed by atoms with E-state index in [4.69, 9.17) is 9.47 Å². The lowest BCUT2D eigenvalue weighted by Crippen LogP contribution is -2.47. The second-order valence-corrected chi connectivity index (χ2v) is 8.44. The van der Waals surface area contributed by atoms with Crippen LogP contribution in [0.1, 0.15) is 28.2 Å². The maximum absolute atomic E-state index is 13.2. The van der Waals surface area contributed by atoms with Gasteiger partial charge in [-0.25, -0.2) is 4.98 Å². The van der Waals surface area contributed by atoms with Gasteiger partial charge < -0.3 is 14.8 Å². The highest BCUT2D eigenvalue weighted by Gasteiger charge is 2.31. The Morgan fingerprint density at radius 2 is 1.97 bits per heavy atom. The van der Waals surface area contributed by atoms with Gasteiger partial charge in [-0.1, -0.05) is 30.2 Å². The van der Waals surface area contributed by atoms with Gasteiger partial charge in [0.1, 0.15) is 34.7 Å². The van der Waals surface area contributed by atoms with Crippen molar-refractivity contribution in [2.75, 3.05) is 25.2 Å². The van der Waals surface area contributed by atoms with Gasteiger partial charge in [0.25, 0.3) is 5.91 Å². The van der Waals surface area contributed by atoms with Crippen LogP contribution in [0.25, 0.3) is 0 Å². The van der Waals surface area contributed by atoms with Gasteiger partial charge in [0.15, 0.2) is 0 Å². The Bertz CT molecular complexity index is 1310. The first-order valence-electron chi connectivity index (χ1n) is 11.4. The molecule has 3 aromatic rings. The monoisotopic (exact) mass is 468 g/mol. The number of hydrogen-bond acceptors (Lipinski definition) is 6. The fourth-order valence-electron chi connectivity index (χ4n) is 3.88. The molecule has 1 saturated heterocycles. The molecule has 2 aliphatic rings. The molecule has 8 nitrogen and oxygen atoms in total. The van der Waals surface area contributed by atoms with Gasteiger partial charge in [0, 0.05) is 19.3 Å². The van der Waals surface area contributed by atoms with Crippen molar-refractivity contribution in [3.63, 3.8) is 0 Å². The fraction of sp³-hybridized carbons (Fsp3) is 0.259. The van der Waals surface area contributed by atoms with Crippen molar-refractivity contribution < 1.29 is 19.1 Å². The molecule has 5 rings (SSSR count). The van der Waals surface area contributed by atoms with Crippen LogP contribution in [0.3, 0.4) is 0 Å². The largest absolute Gasteiger partial charge is 0.457 e. The third-order valence-corrected chi connectivity index (χ3v) is 5.90. The summed E-state index contributed by atoms with van der Waals surface area (Å²) in [5.74, 6) is 7.48. The number of hydrogen-bond donors (Lipinski definition) is 1. The van der Waals surface area contributed by atoms with Gasteiger partial charge in [-0.2, -0.15) is 0 Å². The molecule has 0 spiro atoms. The van der Waals surface area contributed by atoms with Crippen LogP contribution in [0.5, 0.6) is 11.5 Å². The lowest BCUT2D eigenvalue weighted by atomic mass is 10.1. The summed E-state index contributed by atoms with van der Waals surface area (Å²) in [4.78, 5) is 36.4. The highest BCUT2D eigenvalue weighted by Crippen LogP contribution is 2.25. The number of rotatable bonds is 4.